The topological polar surface area (TPSA) is 52.6 Å². The van der Waals surface area contributed by atoms with Crippen molar-refractivity contribution in [2.24, 2.45) is 0 Å². The number of amides is 1. The van der Waals surface area contributed by atoms with Gasteiger partial charge in [0.1, 0.15) is 23.8 Å². The van der Waals surface area contributed by atoms with E-state index in [9.17, 15) is 9.18 Å². The minimum absolute atomic E-state index is 0.146. The molecule has 1 fully saturated rings. The van der Waals surface area contributed by atoms with Crippen LogP contribution in [-0.4, -0.2) is 42.1 Å². The van der Waals surface area contributed by atoms with Crippen molar-refractivity contribution >= 4 is 23.2 Å². The van der Waals surface area contributed by atoms with Gasteiger partial charge in [0.05, 0.1) is 24.3 Å². The average molecular weight is 355 g/mol. The Morgan fingerprint density at radius 2 is 1.92 bits per heavy atom. The van der Waals surface area contributed by atoms with Gasteiger partial charge in [-0.15, -0.1) is 0 Å². The molecule has 4 rings (SSSR count). The van der Waals surface area contributed by atoms with Gasteiger partial charge in [0, 0.05) is 19.6 Å². The third-order valence-electron chi connectivity index (χ3n) is 5.22. The normalized spacial score (nSPS) is 20.3. The molecule has 1 atom stereocenters. The van der Waals surface area contributed by atoms with Crippen molar-refractivity contribution < 1.29 is 9.18 Å². The highest BCUT2D eigenvalue weighted by Crippen LogP contribution is 2.35. The third kappa shape index (κ3) is 2.77. The highest BCUT2D eigenvalue weighted by atomic mass is 19.1. The zero-order chi connectivity index (χ0) is 18.3. The highest BCUT2D eigenvalue weighted by Gasteiger charge is 2.32. The summed E-state index contributed by atoms with van der Waals surface area (Å²) in [6.45, 7) is 3.52. The van der Waals surface area contributed by atoms with Crippen LogP contribution in [0.2, 0.25) is 0 Å². The van der Waals surface area contributed by atoms with E-state index < -0.39 is 5.82 Å². The Labute approximate surface area is 152 Å². The summed E-state index contributed by atoms with van der Waals surface area (Å²) < 4.78 is 14.4. The van der Waals surface area contributed by atoms with E-state index in [1.165, 1.54) is 11.0 Å². The van der Waals surface area contributed by atoms with Gasteiger partial charge in [-0.3, -0.25) is 4.79 Å². The van der Waals surface area contributed by atoms with Crippen LogP contribution < -0.4 is 14.7 Å². The number of para-hydroxylation sites is 1. The number of carbonyl (C=O) groups is 1. The molecule has 2 aliphatic heterocycles. The van der Waals surface area contributed by atoms with E-state index in [2.05, 4.69) is 21.8 Å². The van der Waals surface area contributed by atoms with Gasteiger partial charge in [-0.05, 0) is 31.9 Å². The SMILES string of the molecule is CC1CCCN1c1ncnc2c1CN(c1ccccc1F)C(=O)CN2C. The quantitative estimate of drug-likeness (QED) is 0.829. The van der Waals surface area contributed by atoms with Crippen molar-refractivity contribution in [2.75, 3.05) is 34.8 Å². The number of likely N-dealkylation sites (N-methyl/N-ethyl adjacent to an activating group) is 1. The van der Waals surface area contributed by atoms with Crippen LogP contribution >= 0.6 is 0 Å². The predicted molar refractivity (Wildman–Crippen MR) is 98.9 cm³/mol. The molecule has 136 valence electrons. The fourth-order valence-electron chi connectivity index (χ4n) is 3.86. The van der Waals surface area contributed by atoms with Crippen LogP contribution in [-0.2, 0) is 11.3 Å². The lowest BCUT2D eigenvalue weighted by Gasteiger charge is -2.27. The van der Waals surface area contributed by atoms with Gasteiger partial charge in [-0.2, -0.15) is 0 Å². The van der Waals surface area contributed by atoms with Gasteiger partial charge in [-0.1, -0.05) is 12.1 Å². The highest BCUT2D eigenvalue weighted by molar-refractivity contribution is 5.98. The number of halogens is 1. The van der Waals surface area contributed by atoms with E-state index in [0.717, 1.165) is 36.6 Å². The zero-order valence-corrected chi connectivity index (χ0v) is 15.0. The number of anilines is 3. The smallest absolute Gasteiger partial charge is 0.246 e. The van der Waals surface area contributed by atoms with Crippen molar-refractivity contribution in [1.82, 2.24) is 9.97 Å². The molecule has 1 saturated heterocycles. The van der Waals surface area contributed by atoms with Crippen molar-refractivity contribution in [3.63, 3.8) is 0 Å². The Morgan fingerprint density at radius 3 is 2.65 bits per heavy atom. The molecule has 0 aliphatic carbocycles. The number of aromatic nitrogens is 2. The fraction of sp³-hybridized carbons (Fsp3) is 0.421. The molecule has 7 heteroatoms. The first-order valence-corrected chi connectivity index (χ1v) is 8.93. The Bertz CT molecular complexity index is 842. The molecule has 0 N–H and O–H groups in total. The summed E-state index contributed by atoms with van der Waals surface area (Å²) in [6, 6.07) is 6.78. The summed E-state index contributed by atoms with van der Waals surface area (Å²) >= 11 is 0. The Balaban J connectivity index is 1.81. The molecule has 0 radical (unpaired) electrons. The van der Waals surface area contributed by atoms with E-state index in [4.69, 9.17) is 0 Å². The van der Waals surface area contributed by atoms with Crippen LogP contribution in [0, 0.1) is 5.82 Å². The maximum Gasteiger partial charge on any atom is 0.246 e. The number of rotatable bonds is 2. The summed E-state index contributed by atoms with van der Waals surface area (Å²) in [5.74, 6) is 1.03. The summed E-state index contributed by atoms with van der Waals surface area (Å²) in [6.07, 6.45) is 3.79. The second-order valence-electron chi connectivity index (χ2n) is 6.97. The molecule has 1 amide bonds. The number of nitrogens with zero attached hydrogens (tertiary/aromatic N) is 5. The summed E-state index contributed by atoms with van der Waals surface area (Å²) in [7, 11) is 1.84. The molecule has 2 aromatic rings. The van der Waals surface area contributed by atoms with Gasteiger partial charge in [-0.25, -0.2) is 14.4 Å². The first-order valence-electron chi connectivity index (χ1n) is 8.93. The molecule has 1 aromatic heterocycles. The standard InChI is InChI=1S/C19H22FN5O/c1-13-6-5-9-24(13)19-14-10-25(16-8-4-3-7-15(16)20)17(26)11-23(2)18(14)21-12-22-19/h3-4,7-8,12-13H,5-6,9-11H2,1-2H3. The van der Waals surface area contributed by atoms with Gasteiger partial charge in [0.15, 0.2) is 0 Å². The lowest BCUT2D eigenvalue weighted by Crippen LogP contribution is -2.36. The zero-order valence-electron chi connectivity index (χ0n) is 15.0. The number of fused-ring (bicyclic) bond motifs is 1. The van der Waals surface area contributed by atoms with Crippen LogP contribution in [0.3, 0.4) is 0 Å². The van der Waals surface area contributed by atoms with E-state index in [1.807, 2.05) is 11.9 Å². The van der Waals surface area contributed by atoms with E-state index in [0.29, 0.717) is 11.7 Å². The van der Waals surface area contributed by atoms with E-state index >= 15 is 0 Å². The Morgan fingerprint density at radius 1 is 1.15 bits per heavy atom. The molecule has 1 aromatic carbocycles. The predicted octanol–water partition coefficient (Wildman–Crippen LogP) is 2.59. The molecule has 0 bridgehead atoms. The van der Waals surface area contributed by atoms with Crippen molar-refractivity contribution in [3.8, 4) is 0 Å². The molecule has 0 spiro atoms. The minimum Gasteiger partial charge on any atom is -0.353 e. The van der Waals surface area contributed by atoms with Gasteiger partial charge < -0.3 is 14.7 Å². The molecular formula is C19H22FN5O. The molecule has 2 aliphatic rings. The molecule has 26 heavy (non-hydrogen) atoms. The lowest BCUT2D eigenvalue weighted by molar-refractivity contribution is -0.117. The molecular weight excluding hydrogens is 333 g/mol. The number of hydrogen-bond donors (Lipinski definition) is 0. The number of carbonyl (C=O) groups excluding carboxylic acids is 1. The van der Waals surface area contributed by atoms with E-state index in [-0.39, 0.29) is 19.0 Å². The van der Waals surface area contributed by atoms with Crippen LogP contribution in [0.1, 0.15) is 25.3 Å². The van der Waals surface area contributed by atoms with Crippen LogP contribution in [0.15, 0.2) is 30.6 Å². The molecule has 6 nitrogen and oxygen atoms in total. The van der Waals surface area contributed by atoms with Crippen LogP contribution in [0.25, 0.3) is 0 Å². The maximum absolute atomic E-state index is 14.4. The Hall–Kier alpha value is -2.70. The van der Waals surface area contributed by atoms with Crippen LogP contribution in [0.5, 0.6) is 0 Å². The van der Waals surface area contributed by atoms with Gasteiger partial charge in [0.25, 0.3) is 0 Å². The summed E-state index contributed by atoms with van der Waals surface area (Å²) in [5, 5.41) is 0. The summed E-state index contributed by atoms with van der Waals surface area (Å²) in [4.78, 5) is 27.3. The van der Waals surface area contributed by atoms with Crippen molar-refractivity contribution in [2.45, 2.75) is 32.4 Å². The fourth-order valence-corrected chi connectivity index (χ4v) is 3.86. The number of hydrogen-bond acceptors (Lipinski definition) is 5. The first kappa shape index (κ1) is 16.8. The number of benzene rings is 1. The second kappa shape index (κ2) is 6.55. The summed E-state index contributed by atoms with van der Waals surface area (Å²) in [5.41, 5.74) is 1.17. The Kier molecular flexibility index (Phi) is 4.22. The third-order valence-corrected chi connectivity index (χ3v) is 5.22. The van der Waals surface area contributed by atoms with E-state index in [1.54, 1.807) is 24.5 Å². The second-order valence-corrected chi connectivity index (χ2v) is 6.97. The van der Waals surface area contributed by atoms with Crippen molar-refractivity contribution in [3.05, 3.63) is 42.0 Å². The minimum atomic E-state index is -0.403. The molecule has 3 heterocycles. The largest absolute Gasteiger partial charge is 0.353 e. The first-order chi connectivity index (χ1) is 12.6. The van der Waals surface area contributed by atoms with Crippen LogP contribution in [0.4, 0.5) is 21.7 Å². The lowest BCUT2D eigenvalue weighted by atomic mass is 10.2. The maximum atomic E-state index is 14.4. The van der Waals surface area contributed by atoms with Gasteiger partial charge in [0.2, 0.25) is 5.91 Å². The average Bonchev–Trinajstić information content (AvgIpc) is 3.00. The van der Waals surface area contributed by atoms with Crippen molar-refractivity contribution in [1.29, 1.82) is 0 Å². The molecule has 0 saturated carbocycles. The van der Waals surface area contributed by atoms with Gasteiger partial charge >= 0.3 is 0 Å². The monoisotopic (exact) mass is 355 g/mol. The molecule has 1 unspecified atom stereocenters.